The number of nitrogens with one attached hydrogen (secondary N) is 2. The van der Waals surface area contributed by atoms with Crippen LogP contribution in [0, 0.1) is 0 Å². The van der Waals surface area contributed by atoms with Gasteiger partial charge in [0.05, 0.1) is 23.4 Å². The number of aromatic hydroxyl groups is 1. The maximum Gasteiger partial charge on any atom is 0.335 e. The first-order valence-corrected chi connectivity index (χ1v) is 6.73. The van der Waals surface area contributed by atoms with Crippen molar-refractivity contribution in [2.45, 2.75) is 31.9 Å². The first-order chi connectivity index (χ1) is 9.97. The predicted octanol–water partition coefficient (Wildman–Crippen LogP) is 1.78. The van der Waals surface area contributed by atoms with E-state index < -0.39 is 12.0 Å². The minimum atomic E-state index is -1.15. The van der Waals surface area contributed by atoms with E-state index in [-0.39, 0.29) is 29.1 Å². The maximum atomic E-state index is 11.8. The predicted molar refractivity (Wildman–Crippen MR) is 75.7 cm³/mol. The van der Waals surface area contributed by atoms with Crippen LogP contribution in [0.4, 0.5) is 10.5 Å². The van der Waals surface area contributed by atoms with Gasteiger partial charge in [0.25, 0.3) is 0 Å². The van der Waals surface area contributed by atoms with Crippen LogP contribution in [0.2, 0.25) is 0 Å². The summed E-state index contributed by atoms with van der Waals surface area (Å²) in [5, 5.41) is 23.7. The molecule has 0 radical (unpaired) electrons. The third-order valence-electron chi connectivity index (χ3n) is 3.37. The van der Waals surface area contributed by atoms with Crippen molar-refractivity contribution in [2.75, 3.05) is 11.9 Å². The zero-order valence-corrected chi connectivity index (χ0v) is 11.6. The molecule has 114 valence electrons. The molecule has 2 atom stereocenters. The van der Waals surface area contributed by atoms with Gasteiger partial charge in [-0.3, -0.25) is 0 Å². The van der Waals surface area contributed by atoms with Gasteiger partial charge < -0.3 is 25.6 Å². The number of hydrogen-bond donors (Lipinski definition) is 4. The summed E-state index contributed by atoms with van der Waals surface area (Å²) in [6.07, 6.45) is 1.88. The lowest BCUT2D eigenvalue weighted by Gasteiger charge is -2.20. The van der Waals surface area contributed by atoms with Crippen LogP contribution in [0.3, 0.4) is 0 Å². The maximum absolute atomic E-state index is 11.8. The van der Waals surface area contributed by atoms with E-state index in [1.54, 1.807) is 0 Å². The highest BCUT2D eigenvalue weighted by molar-refractivity contribution is 5.93. The molecule has 2 rings (SSSR count). The van der Waals surface area contributed by atoms with Crippen LogP contribution in [0.1, 0.15) is 30.1 Å². The summed E-state index contributed by atoms with van der Waals surface area (Å²) in [4.78, 5) is 22.6. The fourth-order valence-electron chi connectivity index (χ4n) is 2.23. The molecule has 1 saturated heterocycles. The van der Waals surface area contributed by atoms with Crippen LogP contribution in [-0.4, -0.2) is 41.0 Å². The number of carboxylic acids is 1. The van der Waals surface area contributed by atoms with Gasteiger partial charge in [-0.2, -0.15) is 0 Å². The highest BCUT2D eigenvalue weighted by atomic mass is 16.5. The van der Waals surface area contributed by atoms with Gasteiger partial charge in [0.15, 0.2) is 0 Å². The molecule has 0 aromatic heterocycles. The van der Waals surface area contributed by atoms with E-state index >= 15 is 0 Å². The van der Waals surface area contributed by atoms with Crippen molar-refractivity contribution in [3.63, 3.8) is 0 Å². The number of aromatic carboxylic acids is 1. The molecule has 2 amide bonds. The average Bonchev–Trinajstić information content (AvgIpc) is 2.94. The number of carbonyl (C=O) groups is 2. The Labute approximate surface area is 121 Å². The third kappa shape index (κ3) is 3.85. The quantitative estimate of drug-likeness (QED) is 0.633. The monoisotopic (exact) mass is 294 g/mol. The fourth-order valence-corrected chi connectivity index (χ4v) is 2.23. The van der Waals surface area contributed by atoms with E-state index in [2.05, 4.69) is 10.6 Å². The number of urea groups is 1. The molecule has 1 aromatic rings. The first kappa shape index (κ1) is 15.1. The number of carboxylic acid groups (broad SMARTS) is 1. The lowest BCUT2D eigenvalue weighted by Crippen LogP contribution is -2.42. The number of phenolic OH excluding ortho intramolecular Hbond substituents is 1. The van der Waals surface area contributed by atoms with Crippen LogP contribution in [0.5, 0.6) is 5.75 Å². The van der Waals surface area contributed by atoms with E-state index in [1.807, 2.05) is 6.92 Å². The molecule has 7 heteroatoms. The molecule has 1 fully saturated rings. The Hall–Kier alpha value is -2.28. The smallest absolute Gasteiger partial charge is 0.335 e. The summed E-state index contributed by atoms with van der Waals surface area (Å²) in [6, 6.07) is 3.11. The molecular weight excluding hydrogens is 276 g/mol. The summed E-state index contributed by atoms with van der Waals surface area (Å²) in [5.41, 5.74) is 0.100. The molecular formula is C14H18N2O5. The molecule has 1 heterocycles. The van der Waals surface area contributed by atoms with Crippen molar-refractivity contribution >= 4 is 17.7 Å². The summed E-state index contributed by atoms with van der Waals surface area (Å²) in [7, 11) is 0. The van der Waals surface area contributed by atoms with E-state index in [0.717, 1.165) is 18.9 Å². The van der Waals surface area contributed by atoms with Crippen molar-refractivity contribution in [1.82, 2.24) is 5.32 Å². The number of amides is 2. The van der Waals surface area contributed by atoms with E-state index in [4.69, 9.17) is 9.84 Å². The Kier molecular flexibility index (Phi) is 4.64. The second-order valence-corrected chi connectivity index (χ2v) is 4.98. The summed E-state index contributed by atoms with van der Waals surface area (Å²) >= 11 is 0. The number of carbonyl (C=O) groups excluding carboxylic acids is 1. The van der Waals surface area contributed by atoms with E-state index in [1.165, 1.54) is 12.1 Å². The van der Waals surface area contributed by atoms with Crippen LogP contribution in [0.15, 0.2) is 18.2 Å². The van der Waals surface area contributed by atoms with E-state index in [9.17, 15) is 14.7 Å². The Balaban J connectivity index is 1.94. The molecule has 0 bridgehead atoms. The number of hydrogen-bond acceptors (Lipinski definition) is 4. The second kappa shape index (κ2) is 6.45. The zero-order valence-electron chi connectivity index (χ0n) is 11.6. The van der Waals surface area contributed by atoms with Crippen molar-refractivity contribution in [3.8, 4) is 5.75 Å². The number of anilines is 1. The van der Waals surface area contributed by atoms with Crippen LogP contribution in [-0.2, 0) is 4.74 Å². The molecule has 1 aromatic carbocycles. The van der Waals surface area contributed by atoms with Gasteiger partial charge in [0, 0.05) is 6.61 Å². The van der Waals surface area contributed by atoms with Crippen molar-refractivity contribution in [1.29, 1.82) is 0 Å². The van der Waals surface area contributed by atoms with Gasteiger partial charge in [-0.05, 0) is 38.0 Å². The normalized spacial score (nSPS) is 19.0. The average molecular weight is 294 g/mol. The highest BCUT2D eigenvalue weighted by Crippen LogP contribution is 2.24. The second-order valence-electron chi connectivity index (χ2n) is 4.98. The molecule has 0 aliphatic carbocycles. The van der Waals surface area contributed by atoms with Gasteiger partial charge in [-0.1, -0.05) is 0 Å². The number of phenols is 1. The Morgan fingerprint density at radius 2 is 2.19 bits per heavy atom. The van der Waals surface area contributed by atoms with Crippen molar-refractivity contribution in [2.24, 2.45) is 0 Å². The molecule has 21 heavy (non-hydrogen) atoms. The van der Waals surface area contributed by atoms with Crippen molar-refractivity contribution < 1.29 is 24.5 Å². The summed E-state index contributed by atoms with van der Waals surface area (Å²) in [5.74, 6) is -1.44. The first-order valence-electron chi connectivity index (χ1n) is 6.73. The van der Waals surface area contributed by atoms with Gasteiger partial charge in [0.1, 0.15) is 5.75 Å². The van der Waals surface area contributed by atoms with Gasteiger partial charge >= 0.3 is 12.0 Å². The summed E-state index contributed by atoms with van der Waals surface area (Å²) < 4.78 is 5.47. The van der Waals surface area contributed by atoms with Crippen LogP contribution >= 0.6 is 0 Å². The fraction of sp³-hybridized carbons (Fsp3) is 0.429. The van der Waals surface area contributed by atoms with Crippen molar-refractivity contribution in [3.05, 3.63) is 23.8 Å². The van der Waals surface area contributed by atoms with Gasteiger partial charge in [0.2, 0.25) is 0 Å². The van der Waals surface area contributed by atoms with Crippen LogP contribution < -0.4 is 10.6 Å². The zero-order chi connectivity index (χ0) is 15.4. The molecule has 2 unspecified atom stereocenters. The standard InChI is InChI=1S/C14H18N2O5/c1-8(12-3-2-6-21-12)15-14(20)16-10-5-4-9(13(18)19)7-11(10)17/h4-5,7-8,12,17H,2-3,6H2,1H3,(H,18,19)(H2,15,16,20). The number of benzene rings is 1. The minimum absolute atomic E-state index is 0.00117. The van der Waals surface area contributed by atoms with Gasteiger partial charge in [-0.25, -0.2) is 9.59 Å². The molecule has 4 N–H and O–H groups in total. The largest absolute Gasteiger partial charge is 0.506 e. The Morgan fingerprint density at radius 1 is 1.43 bits per heavy atom. The molecule has 0 spiro atoms. The lowest BCUT2D eigenvalue weighted by molar-refractivity contribution is 0.0696. The molecule has 0 saturated carbocycles. The summed E-state index contributed by atoms with van der Waals surface area (Å²) in [6.45, 7) is 2.55. The third-order valence-corrected chi connectivity index (χ3v) is 3.37. The lowest BCUT2D eigenvalue weighted by atomic mass is 10.1. The topological polar surface area (TPSA) is 108 Å². The van der Waals surface area contributed by atoms with Crippen LogP contribution in [0.25, 0.3) is 0 Å². The number of ether oxygens (including phenoxy) is 1. The molecule has 1 aliphatic rings. The molecule has 7 nitrogen and oxygen atoms in total. The highest BCUT2D eigenvalue weighted by Gasteiger charge is 2.23. The Morgan fingerprint density at radius 3 is 2.76 bits per heavy atom. The molecule has 1 aliphatic heterocycles. The minimum Gasteiger partial charge on any atom is -0.506 e. The Bertz CT molecular complexity index is 540. The SMILES string of the molecule is CC(NC(=O)Nc1ccc(C(=O)O)cc1O)C1CCCO1. The number of rotatable bonds is 4. The van der Waals surface area contributed by atoms with Gasteiger partial charge in [-0.15, -0.1) is 0 Å². The van der Waals surface area contributed by atoms with E-state index in [0.29, 0.717) is 6.61 Å².